The number of amides is 2. The summed E-state index contributed by atoms with van der Waals surface area (Å²) in [6.45, 7) is 10.2. The van der Waals surface area contributed by atoms with E-state index in [1.807, 2.05) is 0 Å². The molecule has 2 amide bonds. The summed E-state index contributed by atoms with van der Waals surface area (Å²) >= 11 is 0. The van der Waals surface area contributed by atoms with E-state index in [1.54, 1.807) is 59.7 Å². The third kappa shape index (κ3) is 17.2. The fourth-order valence-corrected chi connectivity index (χ4v) is 4.22. The Bertz CT molecular complexity index is 2220. The number of nitrogen functional groups attached to an aromatic ring is 1. The Kier molecular flexibility index (Phi) is 14.6. The second-order valence-electron chi connectivity index (χ2n) is 13.7. The lowest BCUT2D eigenvalue weighted by Crippen LogP contribution is -2.27. The van der Waals surface area contributed by atoms with Crippen LogP contribution in [0, 0.1) is 33.8 Å². The van der Waals surface area contributed by atoms with Crippen molar-refractivity contribution in [3.63, 3.8) is 0 Å². The zero-order valence-electron chi connectivity index (χ0n) is 31.6. The number of hydrogen-bond donors (Lipinski definition) is 3. The van der Waals surface area contributed by atoms with Crippen molar-refractivity contribution in [2.24, 2.45) is 0 Å². The van der Waals surface area contributed by atoms with E-state index in [4.69, 9.17) is 15.2 Å². The number of rotatable bonds is 5. The summed E-state index contributed by atoms with van der Waals surface area (Å²) < 4.78 is 90.7. The normalized spacial score (nSPS) is 11.2. The van der Waals surface area contributed by atoms with Gasteiger partial charge in [0.15, 0.2) is 0 Å². The number of nitro groups is 1. The van der Waals surface area contributed by atoms with Crippen molar-refractivity contribution >= 4 is 34.9 Å². The molecule has 0 unspecified atom stereocenters. The van der Waals surface area contributed by atoms with Crippen LogP contribution in [0.1, 0.15) is 63.8 Å². The molecule has 12 nitrogen and oxygen atoms in total. The van der Waals surface area contributed by atoms with Crippen molar-refractivity contribution in [1.29, 1.82) is 0 Å². The number of nitrogens with two attached hydrogens (primary N) is 1. The smallest absolute Gasteiger partial charge is 0.444 e. The molecule has 4 rings (SSSR count). The van der Waals surface area contributed by atoms with Crippen LogP contribution in [0.4, 0.5) is 58.7 Å². The van der Waals surface area contributed by atoms with Crippen LogP contribution in [-0.2, 0) is 9.47 Å². The number of benzene rings is 4. The Hall–Kier alpha value is -7.08. The largest absolute Gasteiger partial charge is 0.573 e. The summed E-state index contributed by atoms with van der Waals surface area (Å²) in [5, 5.41) is 16.2. The molecule has 0 spiro atoms. The number of carbonyl (C=O) groups is 2. The van der Waals surface area contributed by atoms with Gasteiger partial charge in [-0.1, -0.05) is 23.7 Å². The van der Waals surface area contributed by atoms with Gasteiger partial charge in [0.25, 0.3) is 5.69 Å². The molecule has 58 heavy (non-hydrogen) atoms. The summed E-state index contributed by atoms with van der Waals surface area (Å²) in [5.41, 5.74) is 6.47. The molecular formula is C40H36F6N4O8. The maximum absolute atomic E-state index is 12.2. The van der Waals surface area contributed by atoms with E-state index in [1.165, 1.54) is 54.6 Å². The highest BCUT2D eigenvalue weighted by Crippen LogP contribution is 2.27. The van der Waals surface area contributed by atoms with Crippen LogP contribution >= 0.6 is 0 Å². The van der Waals surface area contributed by atoms with Gasteiger partial charge in [-0.2, -0.15) is 0 Å². The first kappa shape index (κ1) is 45.3. The predicted octanol–water partition coefficient (Wildman–Crippen LogP) is 10.2. The number of ether oxygens (including phenoxy) is 4. The van der Waals surface area contributed by atoms with Crippen molar-refractivity contribution in [3.8, 4) is 35.2 Å². The highest BCUT2D eigenvalue weighted by atomic mass is 19.4. The summed E-state index contributed by atoms with van der Waals surface area (Å²) in [6.07, 6.45) is -11.0. The fourth-order valence-electron chi connectivity index (χ4n) is 4.22. The van der Waals surface area contributed by atoms with Gasteiger partial charge in [0.05, 0.1) is 16.3 Å². The third-order valence-corrected chi connectivity index (χ3v) is 6.40. The number of hydrogen-bond acceptors (Lipinski definition) is 9. The van der Waals surface area contributed by atoms with E-state index < -0.39 is 41.0 Å². The minimum atomic E-state index is -4.79. The van der Waals surface area contributed by atoms with Gasteiger partial charge in [0, 0.05) is 28.3 Å². The van der Waals surface area contributed by atoms with E-state index in [0.29, 0.717) is 28.1 Å². The molecule has 4 aromatic rings. The second kappa shape index (κ2) is 18.7. The molecule has 0 aromatic heterocycles. The van der Waals surface area contributed by atoms with E-state index in [2.05, 4.69) is 43.8 Å². The number of alkyl halides is 6. The summed E-state index contributed by atoms with van der Waals surface area (Å²) in [6, 6.07) is 18.8. The number of nitrogens with zero attached hydrogens (tertiary/aromatic N) is 1. The van der Waals surface area contributed by atoms with Crippen LogP contribution in [0.3, 0.4) is 0 Å². The quantitative estimate of drug-likeness (QED) is 0.0585. The van der Waals surface area contributed by atoms with Crippen LogP contribution in [0.25, 0.3) is 0 Å². The molecule has 0 heterocycles. The van der Waals surface area contributed by atoms with Gasteiger partial charge < -0.3 is 24.7 Å². The Morgan fingerprint density at radius 1 is 0.586 bits per heavy atom. The highest BCUT2D eigenvalue weighted by Gasteiger charge is 2.31. The van der Waals surface area contributed by atoms with Crippen molar-refractivity contribution in [3.05, 3.63) is 117 Å². The molecule has 4 N–H and O–H groups in total. The fraction of sp³-hybridized carbons (Fsp3) is 0.250. The van der Waals surface area contributed by atoms with E-state index >= 15 is 0 Å². The molecule has 0 radical (unpaired) electrons. The SMILES string of the molecule is CC(C)(C)OC(=O)Nc1ccc(C#Cc2ccc(OC(F)(F)F)cc2)cc1N.CC(C)(C)OC(=O)Nc1ccc(C#Cc2ccc(OC(F)(F)F)cc2)cc1[N+](=O)[O-]. The highest BCUT2D eigenvalue weighted by molar-refractivity contribution is 5.89. The molecule has 0 saturated heterocycles. The summed E-state index contributed by atoms with van der Waals surface area (Å²) in [7, 11) is 0. The Morgan fingerprint density at radius 3 is 1.29 bits per heavy atom. The first-order chi connectivity index (χ1) is 26.7. The van der Waals surface area contributed by atoms with Gasteiger partial charge >= 0.3 is 24.9 Å². The van der Waals surface area contributed by atoms with Crippen molar-refractivity contribution in [2.45, 2.75) is 65.5 Å². The van der Waals surface area contributed by atoms with Crippen LogP contribution in [0.5, 0.6) is 11.5 Å². The number of nitrogens with one attached hydrogen (secondary N) is 2. The lowest BCUT2D eigenvalue weighted by molar-refractivity contribution is -0.384. The van der Waals surface area contributed by atoms with Crippen LogP contribution < -0.4 is 25.8 Å². The molecule has 0 saturated carbocycles. The second-order valence-corrected chi connectivity index (χ2v) is 13.7. The van der Waals surface area contributed by atoms with Gasteiger partial charge in [-0.05, 0) is 120 Å². The monoisotopic (exact) mass is 814 g/mol. The molecule has 0 aliphatic carbocycles. The molecule has 0 aliphatic heterocycles. The molecular weight excluding hydrogens is 778 g/mol. The van der Waals surface area contributed by atoms with Gasteiger partial charge in [0.1, 0.15) is 28.4 Å². The topological polar surface area (TPSA) is 164 Å². The molecule has 0 fully saturated rings. The van der Waals surface area contributed by atoms with Gasteiger partial charge in [-0.15, -0.1) is 26.3 Å². The Balaban J connectivity index is 0.000000311. The van der Waals surface area contributed by atoms with Gasteiger partial charge in [0.2, 0.25) is 0 Å². The molecule has 0 bridgehead atoms. The molecule has 0 atom stereocenters. The summed E-state index contributed by atoms with van der Waals surface area (Å²) in [5.74, 6) is 10.3. The van der Waals surface area contributed by atoms with Crippen molar-refractivity contribution in [1.82, 2.24) is 0 Å². The Morgan fingerprint density at radius 2 is 0.931 bits per heavy atom. The van der Waals surface area contributed by atoms with Crippen molar-refractivity contribution in [2.75, 3.05) is 16.4 Å². The number of nitro benzene ring substituents is 1. The maximum Gasteiger partial charge on any atom is 0.573 e. The zero-order chi connectivity index (χ0) is 43.5. The first-order valence-corrected chi connectivity index (χ1v) is 16.7. The van der Waals surface area contributed by atoms with Crippen LogP contribution in [-0.4, -0.2) is 41.0 Å². The molecule has 18 heteroatoms. The predicted molar refractivity (Wildman–Crippen MR) is 202 cm³/mol. The zero-order valence-corrected chi connectivity index (χ0v) is 31.6. The van der Waals surface area contributed by atoms with Gasteiger partial charge in [-0.3, -0.25) is 20.7 Å². The summed E-state index contributed by atoms with van der Waals surface area (Å²) in [4.78, 5) is 34.3. The maximum atomic E-state index is 12.2. The third-order valence-electron chi connectivity index (χ3n) is 6.40. The lowest BCUT2D eigenvalue weighted by Gasteiger charge is -2.20. The van der Waals surface area contributed by atoms with E-state index in [9.17, 15) is 46.0 Å². The Labute approximate surface area is 328 Å². The molecule has 306 valence electrons. The van der Waals surface area contributed by atoms with Gasteiger partial charge in [-0.25, -0.2) is 9.59 Å². The average molecular weight is 815 g/mol. The lowest BCUT2D eigenvalue weighted by atomic mass is 10.1. The van der Waals surface area contributed by atoms with E-state index in [0.717, 1.165) is 12.1 Å². The number of halogens is 6. The minimum absolute atomic E-state index is 0.0616. The molecule has 4 aromatic carbocycles. The minimum Gasteiger partial charge on any atom is -0.444 e. The first-order valence-electron chi connectivity index (χ1n) is 16.7. The molecule has 0 aliphatic rings. The van der Waals surface area contributed by atoms with E-state index in [-0.39, 0.29) is 28.4 Å². The number of carbonyl (C=O) groups excluding carboxylic acids is 2. The van der Waals surface area contributed by atoms with Crippen molar-refractivity contribution < 1.29 is 59.8 Å². The number of anilines is 3. The standard InChI is InChI=1S/C20H17F3N2O5.C20H19F3N2O3/c1-19(2,3)30-18(26)24-16-11-8-14(12-17(16)25(27)28)5-4-13-6-9-15(10-7-13)29-20(21,22)23;1-19(2,3)28-18(26)25-17-11-8-14(12-16(17)24)5-4-13-6-9-15(10-7-13)27-20(21,22)23/h6-12H,1-3H3,(H,24,26);6-12H,24H2,1-3H3,(H,25,26). The van der Waals surface area contributed by atoms with Crippen LogP contribution in [0.15, 0.2) is 84.9 Å². The van der Waals surface area contributed by atoms with Crippen LogP contribution in [0.2, 0.25) is 0 Å². The average Bonchev–Trinajstić information content (AvgIpc) is 3.06.